The van der Waals surface area contributed by atoms with Crippen LogP contribution >= 0.6 is 0 Å². The molecule has 7 nitrogen and oxygen atoms in total. The van der Waals surface area contributed by atoms with Gasteiger partial charge in [0.25, 0.3) is 0 Å². The Morgan fingerprint density at radius 1 is 1.04 bits per heavy atom. The Morgan fingerprint density at radius 3 is 2.11 bits per heavy atom. The molecule has 1 heterocycles. The third-order valence-electron chi connectivity index (χ3n) is 5.27. The monoisotopic (exact) mass is 392 g/mol. The lowest BCUT2D eigenvalue weighted by Crippen LogP contribution is -2.48. The van der Waals surface area contributed by atoms with Crippen molar-refractivity contribution >= 4 is 5.96 Å². The molecule has 0 bridgehead atoms. The van der Waals surface area contributed by atoms with Gasteiger partial charge in [0, 0.05) is 26.2 Å². The normalized spacial score (nSPS) is 16.2. The molecule has 1 aliphatic rings. The maximum absolute atomic E-state index is 5.43. The van der Waals surface area contributed by atoms with Gasteiger partial charge >= 0.3 is 0 Å². The average molecular weight is 393 g/mol. The van der Waals surface area contributed by atoms with E-state index in [1.165, 1.54) is 25.9 Å². The molecule has 1 aromatic rings. The van der Waals surface area contributed by atoms with Crippen molar-refractivity contribution in [3.8, 4) is 17.2 Å². The molecule has 0 aromatic heterocycles. The number of rotatable bonds is 9. The van der Waals surface area contributed by atoms with Crippen LogP contribution in [-0.4, -0.2) is 64.9 Å². The van der Waals surface area contributed by atoms with E-state index in [9.17, 15) is 0 Å². The van der Waals surface area contributed by atoms with E-state index in [-0.39, 0.29) is 0 Å². The van der Waals surface area contributed by atoms with Gasteiger partial charge in [-0.1, -0.05) is 13.8 Å². The van der Waals surface area contributed by atoms with E-state index < -0.39 is 0 Å². The van der Waals surface area contributed by atoms with Gasteiger partial charge in [-0.25, -0.2) is 0 Å². The maximum Gasteiger partial charge on any atom is 0.203 e. The zero-order valence-electron chi connectivity index (χ0n) is 18.2. The number of ether oxygens (including phenoxy) is 3. The lowest BCUT2D eigenvalue weighted by Gasteiger charge is -2.31. The molecule has 1 fully saturated rings. The minimum absolute atomic E-state index is 0.516. The van der Waals surface area contributed by atoms with E-state index in [2.05, 4.69) is 34.4 Å². The number of benzene rings is 1. The molecule has 1 saturated heterocycles. The third kappa shape index (κ3) is 5.67. The molecule has 1 atom stereocenters. The minimum atomic E-state index is 0.516. The maximum atomic E-state index is 5.43. The number of guanidine groups is 1. The molecular weight excluding hydrogens is 356 g/mol. The van der Waals surface area contributed by atoms with Crippen LogP contribution in [0.3, 0.4) is 0 Å². The van der Waals surface area contributed by atoms with Crippen LogP contribution in [0.15, 0.2) is 17.1 Å². The molecule has 158 valence electrons. The predicted molar refractivity (Wildman–Crippen MR) is 114 cm³/mol. The molecule has 0 aliphatic carbocycles. The Bertz CT molecular complexity index is 618. The zero-order valence-corrected chi connectivity index (χ0v) is 18.2. The Balaban J connectivity index is 1.98. The smallest absolute Gasteiger partial charge is 0.203 e. The first kappa shape index (κ1) is 22.1. The summed E-state index contributed by atoms with van der Waals surface area (Å²) < 4.78 is 16.2. The van der Waals surface area contributed by atoms with Crippen LogP contribution in [0.5, 0.6) is 17.2 Å². The van der Waals surface area contributed by atoms with Gasteiger partial charge in [-0.3, -0.25) is 9.89 Å². The quantitative estimate of drug-likeness (QED) is 0.497. The first-order valence-corrected chi connectivity index (χ1v) is 10.0. The highest BCUT2D eigenvalue weighted by Gasteiger charge is 2.24. The number of likely N-dealkylation sites (tertiary alicyclic amines) is 1. The molecule has 28 heavy (non-hydrogen) atoms. The number of nitrogens with one attached hydrogen (secondary N) is 2. The zero-order chi connectivity index (χ0) is 20.5. The summed E-state index contributed by atoms with van der Waals surface area (Å²) in [6.45, 7) is 8.45. The minimum Gasteiger partial charge on any atom is -0.493 e. The molecule has 2 rings (SSSR count). The highest BCUT2D eigenvalue weighted by Crippen LogP contribution is 2.38. The predicted octanol–water partition coefficient (Wildman–Crippen LogP) is 2.50. The average Bonchev–Trinajstić information content (AvgIpc) is 3.23. The summed E-state index contributed by atoms with van der Waals surface area (Å²) in [5.74, 6) is 3.28. The van der Waals surface area contributed by atoms with Crippen LogP contribution in [0.1, 0.15) is 32.3 Å². The number of nitrogens with zero attached hydrogens (tertiary/aromatic N) is 2. The Kier molecular flexibility index (Phi) is 8.70. The SMILES string of the molecule is CN=C(NCc1cc(OC)c(OC)c(OC)c1)NCC(C(C)C)N1CCCC1. The van der Waals surface area contributed by atoms with Crippen LogP contribution < -0.4 is 24.8 Å². The lowest BCUT2D eigenvalue weighted by atomic mass is 10.0. The van der Waals surface area contributed by atoms with Crippen molar-refractivity contribution in [2.45, 2.75) is 39.3 Å². The van der Waals surface area contributed by atoms with Gasteiger partial charge in [-0.2, -0.15) is 0 Å². The van der Waals surface area contributed by atoms with Crippen molar-refractivity contribution in [2.24, 2.45) is 10.9 Å². The number of aliphatic imine (C=N–C) groups is 1. The van der Waals surface area contributed by atoms with Gasteiger partial charge in [-0.15, -0.1) is 0 Å². The summed E-state index contributed by atoms with van der Waals surface area (Å²) in [7, 11) is 6.65. The van der Waals surface area contributed by atoms with E-state index in [1.54, 1.807) is 28.4 Å². The number of methoxy groups -OCH3 is 3. The fourth-order valence-electron chi connectivity index (χ4n) is 3.70. The highest BCUT2D eigenvalue weighted by atomic mass is 16.5. The molecule has 2 N–H and O–H groups in total. The summed E-state index contributed by atoms with van der Waals surface area (Å²) in [6, 6.07) is 4.41. The second kappa shape index (κ2) is 11.0. The van der Waals surface area contributed by atoms with Crippen LogP contribution in [0.2, 0.25) is 0 Å². The Hall–Kier alpha value is -2.15. The summed E-state index contributed by atoms with van der Waals surface area (Å²) >= 11 is 0. The van der Waals surface area contributed by atoms with Gasteiger partial charge in [0.2, 0.25) is 5.75 Å². The van der Waals surface area contributed by atoms with Gasteiger partial charge in [0.1, 0.15) is 0 Å². The van der Waals surface area contributed by atoms with Crippen molar-refractivity contribution in [2.75, 3.05) is 48.0 Å². The first-order valence-electron chi connectivity index (χ1n) is 10.0. The van der Waals surface area contributed by atoms with Crippen molar-refractivity contribution in [1.82, 2.24) is 15.5 Å². The van der Waals surface area contributed by atoms with Crippen molar-refractivity contribution in [3.05, 3.63) is 17.7 Å². The van der Waals surface area contributed by atoms with E-state index >= 15 is 0 Å². The Morgan fingerprint density at radius 2 is 1.64 bits per heavy atom. The third-order valence-corrected chi connectivity index (χ3v) is 5.27. The molecule has 0 amide bonds. The van der Waals surface area contributed by atoms with Crippen molar-refractivity contribution in [3.63, 3.8) is 0 Å². The largest absolute Gasteiger partial charge is 0.493 e. The molecule has 0 saturated carbocycles. The van der Waals surface area contributed by atoms with Gasteiger partial charge in [-0.05, 0) is 49.5 Å². The standard InChI is InChI=1S/C21H36N4O3/c1-15(2)17(25-9-7-8-10-25)14-24-21(22-3)23-13-16-11-18(26-4)20(28-6)19(12-16)27-5/h11-12,15,17H,7-10,13-14H2,1-6H3,(H2,22,23,24). The van der Waals surface area contributed by atoms with Gasteiger partial charge < -0.3 is 24.8 Å². The molecule has 0 radical (unpaired) electrons. The van der Waals surface area contributed by atoms with Crippen molar-refractivity contribution < 1.29 is 14.2 Å². The molecule has 1 aromatic carbocycles. The lowest BCUT2D eigenvalue weighted by molar-refractivity contribution is 0.192. The van der Waals surface area contributed by atoms with Crippen LogP contribution in [-0.2, 0) is 6.54 Å². The number of hydrogen-bond acceptors (Lipinski definition) is 5. The van der Waals surface area contributed by atoms with E-state index in [0.717, 1.165) is 18.1 Å². The second-order valence-corrected chi connectivity index (χ2v) is 7.39. The molecular formula is C21H36N4O3. The Labute approximate surface area is 169 Å². The van der Waals surface area contributed by atoms with E-state index in [1.807, 2.05) is 12.1 Å². The fraction of sp³-hybridized carbons (Fsp3) is 0.667. The molecule has 0 spiro atoms. The van der Waals surface area contributed by atoms with Crippen LogP contribution in [0.4, 0.5) is 0 Å². The van der Waals surface area contributed by atoms with Crippen LogP contribution in [0, 0.1) is 5.92 Å². The number of hydrogen-bond donors (Lipinski definition) is 2. The summed E-state index contributed by atoms with van der Waals surface area (Å²) in [4.78, 5) is 6.96. The van der Waals surface area contributed by atoms with Gasteiger partial charge in [0.15, 0.2) is 17.5 Å². The first-order chi connectivity index (χ1) is 13.5. The van der Waals surface area contributed by atoms with Crippen molar-refractivity contribution in [1.29, 1.82) is 0 Å². The summed E-state index contributed by atoms with van der Waals surface area (Å²) in [5.41, 5.74) is 1.03. The topological polar surface area (TPSA) is 67.4 Å². The van der Waals surface area contributed by atoms with E-state index in [4.69, 9.17) is 14.2 Å². The molecule has 1 unspecified atom stereocenters. The van der Waals surface area contributed by atoms with Crippen LogP contribution in [0.25, 0.3) is 0 Å². The van der Waals surface area contributed by atoms with E-state index in [0.29, 0.717) is 35.8 Å². The van der Waals surface area contributed by atoms with Gasteiger partial charge in [0.05, 0.1) is 21.3 Å². The second-order valence-electron chi connectivity index (χ2n) is 7.39. The highest BCUT2D eigenvalue weighted by molar-refractivity contribution is 5.79. The summed E-state index contributed by atoms with van der Waals surface area (Å²) in [5, 5.41) is 6.87. The molecule has 1 aliphatic heterocycles. The summed E-state index contributed by atoms with van der Waals surface area (Å²) in [6.07, 6.45) is 2.61. The fourth-order valence-corrected chi connectivity index (χ4v) is 3.70. The molecule has 7 heteroatoms.